The van der Waals surface area contributed by atoms with E-state index in [1.165, 1.54) is 0 Å². The Bertz CT molecular complexity index is 1330. The molecular formula is C24H20ClN5O4. The minimum Gasteiger partial charge on any atom is -0.380 e. The summed E-state index contributed by atoms with van der Waals surface area (Å²) < 4.78 is 1.79. The number of aromatic nitrogens is 2. The maximum Gasteiger partial charge on any atom is 0.264 e. The van der Waals surface area contributed by atoms with Crippen LogP contribution in [0.2, 0.25) is 5.02 Å². The topological polar surface area (TPSA) is 113 Å². The fourth-order valence-electron chi connectivity index (χ4n) is 4.27. The van der Waals surface area contributed by atoms with E-state index in [4.69, 9.17) is 11.6 Å². The van der Waals surface area contributed by atoms with Gasteiger partial charge in [-0.2, -0.15) is 5.10 Å². The Morgan fingerprint density at radius 1 is 1.06 bits per heavy atom. The standard InChI is InChI=1S/C24H20ClN5O4/c25-16-4-1-3-14(9-16)12-29-13-15(11-27-29)10-26-18-6-2-5-17-21(18)24(34)30(23(17)33)19-7-8-20(31)28-22(19)32/h1-6,9,11,13,19,26H,7-8,10,12H2,(H,28,31,32). The van der Waals surface area contributed by atoms with Crippen molar-refractivity contribution in [2.75, 3.05) is 5.32 Å². The van der Waals surface area contributed by atoms with Crippen LogP contribution in [-0.2, 0) is 22.7 Å². The van der Waals surface area contributed by atoms with Gasteiger partial charge in [0.05, 0.1) is 23.9 Å². The van der Waals surface area contributed by atoms with Crippen LogP contribution in [0.4, 0.5) is 5.69 Å². The van der Waals surface area contributed by atoms with Gasteiger partial charge >= 0.3 is 0 Å². The van der Waals surface area contributed by atoms with Gasteiger partial charge in [0.2, 0.25) is 11.8 Å². The molecule has 1 unspecified atom stereocenters. The van der Waals surface area contributed by atoms with Crippen molar-refractivity contribution in [3.8, 4) is 0 Å². The van der Waals surface area contributed by atoms with Crippen LogP contribution in [0.5, 0.6) is 0 Å². The zero-order valence-corrected chi connectivity index (χ0v) is 18.7. The Balaban J connectivity index is 1.31. The molecule has 34 heavy (non-hydrogen) atoms. The van der Waals surface area contributed by atoms with Crippen LogP contribution >= 0.6 is 11.6 Å². The maximum absolute atomic E-state index is 13.2. The Morgan fingerprint density at radius 3 is 2.68 bits per heavy atom. The summed E-state index contributed by atoms with van der Waals surface area (Å²) >= 11 is 6.04. The highest BCUT2D eigenvalue weighted by Gasteiger charge is 2.45. The zero-order valence-electron chi connectivity index (χ0n) is 18.0. The van der Waals surface area contributed by atoms with Crippen molar-refractivity contribution in [1.29, 1.82) is 0 Å². The molecule has 0 aliphatic carbocycles. The first kappa shape index (κ1) is 21.8. The molecule has 2 aromatic carbocycles. The lowest BCUT2D eigenvalue weighted by molar-refractivity contribution is -0.136. The van der Waals surface area contributed by atoms with E-state index in [0.717, 1.165) is 16.0 Å². The van der Waals surface area contributed by atoms with Crippen LogP contribution in [0.15, 0.2) is 54.9 Å². The maximum atomic E-state index is 13.2. The number of rotatable bonds is 6. The van der Waals surface area contributed by atoms with E-state index in [0.29, 0.717) is 23.8 Å². The van der Waals surface area contributed by atoms with Crippen LogP contribution in [0.25, 0.3) is 0 Å². The lowest BCUT2D eigenvalue weighted by Crippen LogP contribution is -2.54. The van der Waals surface area contributed by atoms with Crippen LogP contribution < -0.4 is 10.6 Å². The number of carbonyl (C=O) groups is 4. The molecule has 2 aliphatic rings. The summed E-state index contributed by atoms with van der Waals surface area (Å²) in [5.41, 5.74) is 2.86. The molecule has 0 bridgehead atoms. The summed E-state index contributed by atoms with van der Waals surface area (Å²) in [6.45, 7) is 0.946. The number of hydrogen-bond donors (Lipinski definition) is 2. The molecule has 2 N–H and O–H groups in total. The lowest BCUT2D eigenvalue weighted by Gasteiger charge is -2.27. The molecule has 3 aromatic rings. The Labute approximate surface area is 199 Å². The molecule has 2 aliphatic heterocycles. The Morgan fingerprint density at radius 2 is 1.88 bits per heavy atom. The van der Waals surface area contributed by atoms with Gasteiger partial charge in [0.15, 0.2) is 0 Å². The minimum absolute atomic E-state index is 0.0775. The summed E-state index contributed by atoms with van der Waals surface area (Å²) in [5, 5.41) is 10.4. The Kier molecular flexibility index (Phi) is 5.62. The number of amides is 4. The van der Waals surface area contributed by atoms with Crippen molar-refractivity contribution < 1.29 is 19.2 Å². The molecule has 3 heterocycles. The highest BCUT2D eigenvalue weighted by Crippen LogP contribution is 2.32. The molecule has 1 fully saturated rings. The summed E-state index contributed by atoms with van der Waals surface area (Å²) in [4.78, 5) is 50.8. The Hall–Kier alpha value is -3.98. The smallest absolute Gasteiger partial charge is 0.264 e. The molecule has 1 atom stereocenters. The normalized spacial score (nSPS) is 17.7. The van der Waals surface area contributed by atoms with E-state index in [-0.39, 0.29) is 24.0 Å². The van der Waals surface area contributed by atoms with Crippen LogP contribution in [0.1, 0.15) is 44.7 Å². The molecule has 1 saturated heterocycles. The first-order chi connectivity index (χ1) is 16.4. The molecule has 5 rings (SSSR count). The molecule has 172 valence electrons. The third-order valence-electron chi connectivity index (χ3n) is 5.87. The van der Waals surface area contributed by atoms with Crippen molar-refractivity contribution in [3.63, 3.8) is 0 Å². The fraction of sp³-hybridized carbons (Fsp3) is 0.208. The van der Waals surface area contributed by atoms with Crippen LogP contribution in [0.3, 0.4) is 0 Å². The summed E-state index contributed by atoms with van der Waals surface area (Å²) in [6, 6.07) is 11.5. The van der Waals surface area contributed by atoms with Crippen molar-refractivity contribution in [2.24, 2.45) is 0 Å². The number of nitrogens with zero attached hydrogens (tertiary/aromatic N) is 3. The second kappa shape index (κ2) is 8.75. The van der Waals surface area contributed by atoms with E-state index < -0.39 is 29.7 Å². The number of anilines is 1. The highest BCUT2D eigenvalue weighted by atomic mass is 35.5. The number of benzene rings is 2. The molecule has 4 amide bonds. The van der Waals surface area contributed by atoms with Gasteiger partial charge in [-0.1, -0.05) is 29.8 Å². The summed E-state index contributed by atoms with van der Waals surface area (Å²) in [6.07, 6.45) is 3.81. The van der Waals surface area contributed by atoms with Gasteiger partial charge < -0.3 is 5.32 Å². The third-order valence-corrected chi connectivity index (χ3v) is 6.11. The van der Waals surface area contributed by atoms with Gasteiger partial charge in [0.25, 0.3) is 11.8 Å². The lowest BCUT2D eigenvalue weighted by atomic mass is 10.0. The monoisotopic (exact) mass is 477 g/mol. The molecule has 0 radical (unpaired) electrons. The molecule has 0 saturated carbocycles. The first-order valence-corrected chi connectivity index (χ1v) is 11.1. The van der Waals surface area contributed by atoms with Gasteiger partial charge in [-0.05, 0) is 36.2 Å². The zero-order chi connectivity index (χ0) is 23.8. The van der Waals surface area contributed by atoms with E-state index in [2.05, 4.69) is 15.7 Å². The average molecular weight is 478 g/mol. The SMILES string of the molecule is O=C1CCC(N2C(=O)c3cccc(NCc4cnn(Cc5cccc(Cl)c5)c4)c3C2=O)C(=O)N1. The molecule has 10 heteroatoms. The number of fused-ring (bicyclic) bond motifs is 1. The van der Waals surface area contributed by atoms with Gasteiger partial charge in [-0.3, -0.25) is 34.1 Å². The van der Waals surface area contributed by atoms with Crippen LogP contribution in [-0.4, -0.2) is 44.4 Å². The van der Waals surface area contributed by atoms with Crippen molar-refractivity contribution in [1.82, 2.24) is 20.0 Å². The molecule has 0 spiro atoms. The van der Waals surface area contributed by atoms with Crippen molar-refractivity contribution >= 4 is 40.9 Å². The van der Waals surface area contributed by atoms with Crippen molar-refractivity contribution in [2.45, 2.75) is 32.0 Å². The van der Waals surface area contributed by atoms with Gasteiger partial charge in [-0.15, -0.1) is 0 Å². The van der Waals surface area contributed by atoms with E-state index in [1.807, 2.05) is 30.5 Å². The summed E-state index contributed by atoms with van der Waals surface area (Å²) in [5.74, 6) is -2.12. The quantitative estimate of drug-likeness (QED) is 0.527. The molecule has 1 aromatic heterocycles. The fourth-order valence-corrected chi connectivity index (χ4v) is 4.48. The van der Waals surface area contributed by atoms with Gasteiger partial charge in [-0.25, -0.2) is 0 Å². The number of hydrogen-bond acceptors (Lipinski definition) is 6. The summed E-state index contributed by atoms with van der Waals surface area (Å²) in [7, 11) is 0. The highest BCUT2D eigenvalue weighted by molar-refractivity contribution is 6.30. The number of halogens is 1. The van der Waals surface area contributed by atoms with Gasteiger partial charge in [0, 0.05) is 35.4 Å². The first-order valence-electron chi connectivity index (χ1n) is 10.7. The molecule has 9 nitrogen and oxygen atoms in total. The largest absolute Gasteiger partial charge is 0.380 e. The van der Waals surface area contributed by atoms with Crippen LogP contribution in [0, 0.1) is 0 Å². The van der Waals surface area contributed by atoms with E-state index >= 15 is 0 Å². The number of carbonyl (C=O) groups excluding carboxylic acids is 4. The number of nitrogens with one attached hydrogen (secondary N) is 2. The third kappa shape index (κ3) is 4.06. The second-order valence-electron chi connectivity index (χ2n) is 8.20. The number of piperidine rings is 1. The predicted molar refractivity (Wildman–Crippen MR) is 123 cm³/mol. The molecular weight excluding hydrogens is 458 g/mol. The average Bonchev–Trinajstić information content (AvgIpc) is 3.35. The van der Waals surface area contributed by atoms with Crippen molar-refractivity contribution in [3.05, 3.63) is 82.1 Å². The minimum atomic E-state index is -0.998. The second-order valence-corrected chi connectivity index (χ2v) is 8.64. The predicted octanol–water partition coefficient (Wildman–Crippen LogP) is 2.60. The van der Waals surface area contributed by atoms with E-state index in [9.17, 15) is 19.2 Å². The number of imide groups is 2. The van der Waals surface area contributed by atoms with Gasteiger partial charge in [0.1, 0.15) is 6.04 Å². The van der Waals surface area contributed by atoms with E-state index in [1.54, 1.807) is 29.1 Å².